The van der Waals surface area contributed by atoms with Crippen molar-refractivity contribution in [1.29, 1.82) is 0 Å². The van der Waals surface area contributed by atoms with Gasteiger partial charge >= 0.3 is 0 Å². The molecule has 2 aromatic heterocycles. The van der Waals surface area contributed by atoms with Crippen LogP contribution in [0.3, 0.4) is 0 Å². The first-order chi connectivity index (χ1) is 16.5. The van der Waals surface area contributed by atoms with Crippen molar-refractivity contribution in [2.75, 3.05) is 7.11 Å². The minimum Gasteiger partial charge on any atom is -0.497 e. The van der Waals surface area contributed by atoms with E-state index in [0.29, 0.717) is 23.2 Å². The first-order valence-electron chi connectivity index (χ1n) is 10.7. The molecular formula is C27H22N4O3. The molecule has 34 heavy (non-hydrogen) atoms. The van der Waals surface area contributed by atoms with Gasteiger partial charge < -0.3 is 20.8 Å². The maximum Gasteiger partial charge on any atom is 0.251 e. The minimum absolute atomic E-state index is 0.198. The van der Waals surface area contributed by atoms with Crippen LogP contribution in [0.5, 0.6) is 5.75 Å². The fraction of sp³-hybridized carbons (Fsp3) is 0.0741. The lowest BCUT2D eigenvalue weighted by Gasteiger charge is -2.08. The molecule has 7 nitrogen and oxygen atoms in total. The van der Waals surface area contributed by atoms with Gasteiger partial charge in [0.15, 0.2) is 0 Å². The van der Waals surface area contributed by atoms with Crippen LogP contribution in [0.4, 0.5) is 0 Å². The molecule has 0 bridgehead atoms. The number of H-pyrrole nitrogens is 1. The number of carbonyl (C=O) groups is 2. The SMILES string of the molecule is COc1cccc(-c2cc(C(N)=O)c3[nH]c4cc(C(=O)NCc5cccnc5)ccc4c3c2)c1. The van der Waals surface area contributed by atoms with Gasteiger partial charge in [0.05, 0.1) is 18.2 Å². The van der Waals surface area contributed by atoms with Crippen LogP contribution in [0.1, 0.15) is 26.3 Å². The predicted octanol–water partition coefficient (Wildman–Crippen LogP) is 4.42. The summed E-state index contributed by atoms with van der Waals surface area (Å²) in [6, 6.07) is 20.6. The van der Waals surface area contributed by atoms with Gasteiger partial charge in [0, 0.05) is 40.8 Å². The van der Waals surface area contributed by atoms with Crippen molar-refractivity contribution in [3.05, 3.63) is 95.8 Å². The number of nitrogens with two attached hydrogens (primary N) is 1. The Balaban J connectivity index is 1.55. The molecule has 168 valence electrons. The second-order valence-electron chi connectivity index (χ2n) is 7.97. The minimum atomic E-state index is -0.532. The molecule has 0 fully saturated rings. The number of amides is 2. The number of fused-ring (bicyclic) bond motifs is 3. The highest BCUT2D eigenvalue weighted by molar-refractivity contribution is 6.17. The van der Waals surface area contributed by atoms with Gasteiger partial charge in [-0.25, -0.2) is 0 Å². The first-order valence-corrected chi connectivity index (χ1v) is 10.7. The molecule has 3 aromatic carbocycles. The molecule has 0 radical (unpaired) electrons. The Morgan fingerprint density at radius 2 is 1.88 bits per heavy atom. The Hall–Kier alpha value is -4.65. The van der Waals surface area contributed by atoms with Crippen LogP contribution in [-0.4, -0.2) is 28.9 Å². The number of pyridine rings is 1. The van der Waals surface area contributed by atoms with E-state index >= 15 is 0 Å². The highest BCUT2D eigenvalue weighted by Gasteiger charge is 2.16. The summed E-state index contributed by atoms with van der Waals surface area (Å²) < 4.78 is 5.34. The number of nitrogens with one attached hydrogen (secondary N) is 2. The van der Waals surface area contributed by atoms with E-state index in [1.165, 1.54) is 0 Å². The first kappa shape index (κ1) is 21.2. The molecule has 0 spiro atoms. The molecule has 0 saturated carbocycles. The van der Waals surface area contributed by atoms with Gasteiger partial charge in [-0.05, 0) is 59.2 Å². The number of primary amides is 1. The molecule has 5 rings (SSSR count). The lowest BCUT2D eigenvalue weighted by Crippen LogP contribution is -2.22. The summed E-state index contributed by atoms with van der Waals surface area (Å²) >= 11 is 0. The maximum atomic E-state index is 12.7. The summed E-state index contributed by atoms with van der Waals surface area (Å²) in [7, 11) is 1.61. The van der Waals surface area contributed by atoms with Crippen molar-refractivity contribution in [3.8, 4) is 16.9 Å². The topological polar surface area (TPSA) is 110 Å². The van der Waals surface area contributed by atoms with Gasteiger partial charge in [-0.15, -0.1) is 0 Å². The number of methoxy groups -OCH3 is 1. The third-order valence-electron chi connectivity index (χ3n) is 5.81. The van der Waals surface area contributed by atoms with E-state index < -0.39 is 5.91 Å². The molecule has 4 N–H and O–H groups in total. The quantitative estimate of drug-likeness (QED) is 0.356. The molecule has 2 amide bonds. The Bertz CT molecular complexity index is 1540. The van der Waals surface area contributed by atoms with Crippen molar-refractivity contribution >= 4 is 33.6 Å². The molecule has 7 heteroatoms. The molecular weight excluding hydrogens is 428 g/mol. The number of aromatic nitrogens is 2. The van der Waals surface area contributed by atoms with Crippen LogP contribution < -0.4 is 15.8 Å². The second kappa shape index (κ2) is 8.71. The van der Waals surface area contributed by atoms with E-state index in [1.54, 1.807) is 37.7 Å². The average molecular weight is 450 g/mol. The van der Waals surface area contributed by atoms with Crippen molar-refractivity contribution in [2.24, 2.45) is 5.73 Å². The Kier molecular flexibility index (Phi) is 5.43. The summed E-state index contributed by atoms with van der Waals surface area (Å²) in [5, 5.41) is 4.65. The van der Waals surface area contributed by atoms with Crippen LogP contribution in [-0.2, 0) is 6.54 Å². The number of carbonyl (C=O) groups excluding carboxylic acids is 2. The number of hydrogen-bond donors (Lipinski definition) is 3. The monoisotopic (exact) mass is 450 g/mol. The zero-order valence-electron chi connectivity index (χ0n) is 18.5. The van der Waals surface area contributed by atoms with Gasteiger partial charge in [0.1, 0.15) is 5.75 Å². The molecule has 0 aliphatic rings. The smallest absolute Gasteiger partial charge is 0.251 e. The van der Waals surface area contributed by atoms with Gasteiger partial charge in [-0.1, -0.05) is 24.3 Å². The van der Waals surface area contributed by atoms with Crippen LogP contribution >= 0.6 is 0 Å². The van der Waals surface area contributed by atoms with Crippen molar-refractivity contribution in [1.82, 2.24) is 15.3 Å². The van der Waals surface area contributed by atoms with E-state index in [0.717, 1.165) is 38.7 Å². The maximum absolute atomic E-state index is 12.7. The van der Waals surface area contributed by atoms with Gasteiger partial charge in [-0.3, -0.25) is 14.6 Å². The Labute approximate surface area is 195 Å². The zero-order chi connectivity index (χ0) is 23.7. The van der Waals surface area contributed by atoms with Crippen LogP contribution in [0.25, 0.3) is 32.9 Å². The van der Waals surface area contributed by atoms with Gasteiger partial charge in [0.25, 0.3) is 11.8 Å². The van der Waals surface area contributed by atoms with Crippen molar-refractivity contribution in [3.63, 3.8) is 0 Å². The lowest BCUT2D eigenvalue weighted by molar-refractivity contribution is 0.0949. The normalized spacial score (nSPS) is 11.0. The third-order valence-corrected chi connectivity index (χ3v) is 5.81. The Morgan fingerprint density at radius 3 is 2.65 bits per heavy atom. The molecule has 0 saturated heterocycles. The number of benzene rings is 3. The molecule has 0 atom stereocenters. The Morgan fingerprint density at radius 1 is 1.00 bits per heavy atom. The highest BCUT2D eigenvalue weighted by Crippen LogP contribution is 2.34. The van der Waals surface area contributed by atoms with Crippen molar-refractivity contribution in [2.45, 2.75) is 6.54 Å². The van der Waals surface area contributed by atoms with Crippen molar-refractivity contribution < 1.29 is 14.3 Å². The summed E-state index contributed by atoms with van der Waals surface area (Å²) in [5.74, 6) is -0.00794. The predicted molar refractivity (Wildman–Crippen MR) is 132 cm³/mol. The van der Waals surface area contributed by atoms with E-state index in [-0.39, 0.29) is 5.91 Å². The van der Waals surface area contributed by atoms with Gasteiger partial charge in [0.2, 0.25) is 0 Å². The van der Waals surface area contributed by atoms with E-state index in [9.17, 15) is 9.59 Å². The summed E-state index contributed by atoms with van der Waals surface area (Å²) in [4.78, 5) is 32.4. The standard InChI is InChI=1S/C27H22N4O3/c1-34-20-6-2-5-17(10-20)19-11-22-21-8-7-18(27(33)30-15-16-4-3-9-29-14-16)13-24(21)31-25(22)23(12-19)26(28)32/h2-14,31H,15H2,1H3,(H2,28,32)(H,30,33). The molecule has 0 aliphatic carbocycles. The van der Waals surface area contributed by atoms with Crippen LogP contribution in [0.15, 0.2) is 79.1 Å². The number of hydrogen-bond acceptors (Lipinski definition) is 4. The summed E-state index contributed by atoms with van der Waals surface area (Å²) in [5.41, 5.74) is 10.7. The largest absolute Gasteiger partial charge is 0.497 e. The zero-order valence-corrected chi connectivity index (χ0v) is 18.5. The highest BCUT2D eigenvalue weighted by atomic mass is 16.5. The average Bonchev–Trinajstić information content (AvgIpc) is 3.25. The van der Waals surface area contributed by atoms with Gasteiger partial charge in [-0.2, -0.15) is 0 Å². The molecule has 5 aromatic rings. The number of rotatable bonds is 6. The van der Waals surface area contributed by atoms with Crippen LogP contribution in [0.2, 0.25) is 0 Å². The molecule has 2 heterocycles. The molecule has 0 unspecified atom stereocenters. The van der Waals surface area contributed by atoms with E-state index in [4.69, 9.17) is 10.5 Å². The lowest BCUT2D eigenvalue weighted by atomic mass is 9.98. The summed E-state index contributed by atoms with van der Waals surface area (Å²) in [6.07, 6.45) is 3.40. The van der Waals surface area contributed by atoms with E-state index in [2.05, 4.69) is 15.3 Å². The fourth-order valence-corrected chi connectivity index (χ4v) is 4.10. The third kappa shape index (κ3) is 3.95. The number of nitrogens with zero attached hydrogens (tertiary/aromatic N) is 1. The fourth-order valence-electron chi connectivity index (χ4n) is 4.10. The van der Waals surface area contributed by atoms with Crippen LogP contribution in [0, 0.1) is 0 Å². The van der Waals surface area contributed by atoms with E-state index in [1.807, 2.05) is 48.5 Å². The summed E-state index contributed by atoms with van der Waals surface area (Å²) in [6.45, 7) is 0.382. The second-order valence-corrected chi connectivity index (χ2v) is 7.97. The number of aromatic amines is 1. The number of ether oxygens (including phenoxy) is 1. The molecule has 0 aliphatic heterocycles.